The van der Waals surface area contributed by atoms with E-state index in [4.69, 9.17) is 5.11 Å². The molecule has 0 saturated heterocycles. The molecule has 0 fully saturated rings. The zero-order valence-corrected chi connectivity index (χ0v) is 9.61. The summed E-state index contributed by atoms with van der Waals surface area (Å²) in [7, 11) is 1.56. The lowest BCUT2D eigenvalue weighted by Crippen LogP contribution is -2.30. The number of halogens is 1. The van der Waals surface area contributed by atoms with Crippen LogP contribution in [0.3, 0.4) is 0 Å². The zero-order valence-electron chi connectivity index (χ0n) is 9.61. The Bertz CT molecular complexity index is 634. The predicted molar refractivity (Wildman–Crippen MR) is 62.8 cm³/mol. The molecule has 2 rings (SSSR count). The number of para-hydroxylation sites is 1. The molecule has 0 saturated carbocycles. The van der Waals surface area contributed by atoms with Crippen LogP contribution in [0.4, 0.5) is 4.39 Å². The molecular weight excluding hydrogens is 239 g/mol. The fourth-order valence-corrected chi connectivity index (χ4v) is 1.83. The van der Waals surface area contributed by atoms with Crippen LogP contribution >= 0.6 is 0 Å². The lowest BCUT2D eigenvalue weighted by Gasteiger charge is -2.04. The van der Waals surface area contributed by atoms with E-state index in [0.29, 0.717) is 10.9 Å². The number of aromatic nitrogens is 1. The Labute approximate surface area is 102 Å². The SMILES string of the molecule is Cn1c(C(=O)NCC(=O)O)cc2cccc(F)c21. The van der Waals surface area contributed by atoms with Crippen LogP contribution in [-0.2, 0) is 11.8 Å². The van der Waals surface area contributed by atoms with Crippen molar-refractivity contribution in [3.05, 3.63) is 35.8 Å². The molecule has 18 heavy (non-hydrogen) atoms. The van der Waals surface area contributed by atoms with Crippen molar-refractivity contribution in [2.24, 2.45) is 7.05 Å². The number of nitrogens with zero attached hydrogens (tertiary/aromatic N) is 1. The van der Waals surface area contributed by atoms with Gasteiger partial charge in [-0.25, -0.2) is 4.39 Å². The molecule has 0 bridgehead atoms. The van der Waals surface area contributed by atoms with E-state index in [0.717, 1.165) is 0 Å². The number of nitrogens with one attached hydrogen (secondary N) is 1. The zero-order chi connectivity index (χ0) is 13.3. The Kier molecular flexibility index (Phi) is 3.01. The first-order chi connectivity index (χ1) is 8.50. The van der Waals surface area contributed by atoms with Crippen molar-refractivity contribution in [3.8, 4) is 0 Å². The van der Waals surface area contributed by atoms with Crippen LogP contribution in [0.2, 0.25) is 0 Å². The minimum absolute atomic E-state index is 0.219. The van der Waals surface area contributed by atoms with E-state index >= 15 is 0 Å². The van der Waals surface area contributed by atoms with Gasteiger partial charge in [0.1, 0.15) is 18.1 Å². The number of fused-ring (bicyclic) bond motifs is 1. The molecule has 0 aliphatic heterocycles. The molecule has 1 aromatic carbocycles. The van der Waals surface area contributed by atoms with Gasteiger partial charge in [0.25, 0.3) is 5.91 Å². The Morgan fingerprint density at radius 3 is 2.78 bits per heavy atom. The Hall–Kier alpha value is -2.37. The Morgan fingerprint density at radius 1 is 1.44 bits per heavy atom. The molecule has 0 unspecified atom stereocenters. The molecule has 0 radical (unpaired) electrons. The number of hydrogen-bond acceptors (Lipinski definition) is 2. The molecule has 2 aromatic rings. The summed E-state index contributed by atoms with van der Waals surface area (Å²) in [6.07, 6.45) is 0. The van der Waals surface area contributed by atoms with Gasteiger partial charge in [-0.2, -0.15) is 0 Å². The van der Waals surface area contributed by atoms with Crippen LogP contribution in [-0.4, -0.2) is 28.1 Å². The Balaban J connectivity index is 2.40. The van der Waals surface area contributed by atoms with Gasteiger partial charge >= 0.3 is 5.97 Å². The second-order valence-electron chi connectivity index (χ2n) is 3.84. The van der Waals surface area contributed by atoms with Gasteiger partial charge in [0.15, 0.2) is 0 Å². The third kappa shape index (κ3) is 2.04. The number of aliphatic carboxylic acids is 1. The van der Waals surface area contributed by atoms with Gasteiger partial charge in [-0.05, 0) is 12.1 Å². The maximum absolute atomic E-state index is 13.6. The molecule has 0 aliphatic rings. The van der Waals surface area contributed by atoms with E-state index < -0.39 is 24.2 Å². The summed E-state index contributed by atoms with van der Waals surface area (Å²) in [6.45, 7) is -0.469. The fourth-order valence-electron chi connectivity index (χ4n) is 1.83. The molecule has 1 aromatic heterocycles. The lowest BCUT2D eigenvalue weighted by molar-refractivity contribution is -0.135. The summed E-state index contributed by atoms with van der Waals surface area (Å²) in [4.78, 5) is 22.1. The number of carboxylic acids is 1. The average Bonchev–Trinajstić information content (AvgIpc) is 2.65. The van der Waals surface area contributed by atoms with Crippen molar-refractivity contribution >= 4 is 22.8 Å². The molecule has 6 heteroatoms. The van der Waals surface area contributed by atoms with Gasteiger partial charge in [-0.1, -0.05) is 12.1 Å². The summed E-state index contributed by atoms with van der Waals surface area (Å²) in [6, 6.07) is 6.07. The van der Waals surface area contributed by atoms with E-state index in [1.807, 2.05) is 0 Å². The molecule has 0 atom stereocenters. The average molecular weight is 250 g/mol. The first-order valence-corrected chi connectivity index (χ1v) is 5.24. The number of aryl methyl sites for hydroxylation is 1. The van der Waals surface area contributed by atoms with Gasteiger partial charge in [-0.15, -0.1) is 0 Å². The highest BCUT2D eigenvalue weighted by Gasteiger charge is 2.15. The second-order valence-corrected chi connectivity index (χ2v) is 3.84. The van der Waals surface area contributed by atoms with Crippen LogP contribution in [0.5, 0.6) is 0 Å². The van der Waals surface area contributed by atoms with Gasteiger partial charge in [0.05, 0.1) is 5.52 Å². The number of benzene rings is 1. The highest BCUT2D eigenvalue weighted by molar-refractivity contribution is 5.99. The van der Waals surface area contributed by atoms with E-state index in [1.54, 1.807) is 19.2 Å². The number of carbonyl (C=O) groups is 2. The van der Waals surface area contributed by atoms with Crippen molar-refractivity contribution in [2.45, 2.75) is 0 Å². The van der Waals surface area contributed by atoms with Gasteiger partial charge < -0.3 is 15.0 Å². The highest BCUT2D eigenvalue weighted by Crippen LogP contribution is 2.21. The molecule has 2 N–H and O–H groups in total. The molecule has 0 spiro atoms. The molecule has 1 amide bonds. The first-order valence-electron chi connectivity index (χ1n) is 5.24. The number of carboxylic acid groups (broad SMARTS) is 1. The summed E-state index contributed by atoms with van der Waals surface area (Å²) in [5.74, 6) is -2.10. The van der Waals surface area contributed by atoms with E-state index in [-0.39, 0.29) is 5.69 Å². The van der Waals surface area contributed by atoms with Gasteiger partial charge in [-0.3, -0.25) is 9.59 Å². The summed E-state index contributed by atoms with van der Waals surface area (Å²) in [5, 5.41) is 11.3. The topological polar surface area (TPSA) is 71.3 Å². The quantitative estimate of drug-likeness (QED) is 0.857. The molecule has 5 nitrogen and oxygen atoms in total. The number of rotatable bonds is 3. The van der Waals surface area contributed by atoms with Crippen molar-refractivity contribution in [1.29, 1.82) is 0 Å². The second kappa shape index (κ2) is 4.48. The largest absolute Gasteiger partial charge is 0.480 e. The van der Waals surface area contributed by atoms with E-state index in [9.17, 15) is 14.0 Å². The minimum atomic E-state index is -1.13. The van der Waals surface area contributed by atoms with Gasteiger partial charge in [0, 0.05) is 12.4 Å². The van der Waals surface area contributed by atoms with E-state index in [1.165, 1.54) is 16.7 Å². The van der Waals surface area contributed by atoms with Crippen LogP contribution in [0.1, 0.15) is 10.5 Å². The van der Waals surface area contributed by atoms with E-state index in [2.05, 4.69) is 5.32 Å². The van der Waals surface area contributed by atoms with Crippen molar-refractivity contribution < 1.29 is 19.1 Å². The van der Waals surface area contributed by atoms with Crippen LogP contribution in [0.15, 0.2) is 24.3 Å². The fraction of sp³-hybridized carbons (Fsp3) is 0.167. The van der Waals surface area contributed by atoms with Crippen molar-refractivity contribution in [1.82, 2.24) is 9.88 Å². The number of amides is 1. The maximum Gasteiger partial charge on any atom is 0.322 e. The summed E-state index contributed by atoms with van der Waals surface area (Å²) in [5.41, 5.74) is 0.536. The highest BCUT2D eigenvalue weighted by atomic mass is 19.1. The third-order valence-corrected chi connectivity index (χ3v) is 2.64. The molecule has 0 aliphatic carbocycles. The summed E-state index contributed by atoms with van der Waals surface area (Å²) >= 11 is 0. The lowest BCUT2D eigenvalue weighted by atomic mass is 10.2. The number of carbonyl (C=O) groups excluding carboxylic acids is 1. The van der Waals surface area contributed by atoms with Gasteiger partial charge in [0.2, 0.25) is 0 Å². The molecule has 94 valence electrons. The standard InChI is InChI=1S/C12H11FN2O3/c1-15-9(12(18)14-6-10(16)17)5-7-3-2-4-8(13)11(7)15/h2-5H,6H2,1H3,(H,14,18)(H,16,17). The van der Waals surface area contributed by atoms with Crippen LogP contribution in [0, 0.1) is 5.82 Å². The molecule has 1 heterocycles. The monoisotopic (exact) mass is 250 g/mol. The van der Waals surface area contributed by atoms with Crippen LogP contribution in [0.25, 0.3) is 10.9 Å². The van der Waals surface area contributed by atoms with Crippen molar-refractivity contribution in [2.75, 3.05) is 6.54 Å². The molecular formula is C12H11FN2O3. The maximum atomic E-state index is 13.6. The Morgan fingerprint density at radius 2 is 2.17 bits per heavy atom. The van der Waals surface area contributed by atoms with Crippen LogP contribution < -0.4 is 5.32 Å². The predicted octanol–water partition coefficient (Wildman–Crippen LogP) is 1.13. The summed E-state index contributed by atoms with van der Waals surface area (Å²) < 4.78 is 15.0. The van der Waals surface area contributed by atoms with Crippen molar-refractivity contribution in [3.63, 3.8) is 0 Å². The normalized spacial score (nSPS) is 10.6. The minimum Gasteiger partial charge on any atom is -0.480 e. The first kappa shape index (κ1) is 12.1. The third-order valence-electron chi connectivity index (χ3n) is 2.64. The smallest absolute Gasteiger partial charge is 0.322 e. The number of hydrogen-bond donors (Lipinski definition) is 2.